The molecule has 28 heavy (non-hydrogen) atoms. The molecule has 3 aromatic heterocycles. The van der Waals surface area contributed by atoms with Gasteiger partial charge in [0.25, 0.3) is 0 Å². The van der Waals surface area contributed by atoms with Gasteiger partial charge in [-0.1, -0.05) is 30.3 Å². The predicted molar refractivity (Wildman–Crippen MR) is 114 cm³/mol. The summed E-state index contributed by atoms with van der Waals surface area (Å²) in [7, 11) is 0. The van der Waals surface area contributed by atoms with E-state index in [2.05, 4.69) is 49.4 Å². The third kappa shape index (κ3) is 3.07. The zero-order valence-electron chi connectivity index (χ0n) is 15.6. The first-order valence-corrected chi connectivity index (χ1v) is 10.3. The highest BCUT2D eigenvalue weighted by Gasteiger charge is 2.24. The van der Waals surface area contributed by atoms with E-state index in [0.29, 0.717) is 0 Å². The Balaban J connectivity index is 1.50. The van der Waals surface area contributed by atoms with Crippen molar-refractivity contribution >= 4 is 33.3 Å². The molecule has 7 heteroatoms. The monoisotopic (exact) mass is 388 g/mol. The highest BCUT2D eigenvalue weighted by atomic mass is 32.1. The summed E-state index contributed by atoms with van der Waals surface area (Å²) >= 11 is 1.69. The van der Waals surface area contributed by atoms with Gasteiger partial charge < -0.3 is 9.80 Å². The van der Waals surface area contributed by atoms with Gasteiger partial charge in [-0.05, 0) is 18.6 Å². The molecule has 1 saturated heterocycles. The fourth-order valence-electron chi connectivity index (χ4n) is 3.66. The highest BCUT2D eigenvalue weighted by Crippen LogP contribution is 2.38. The maximum Gasteiger partial charge on any atom is 0.225 e. The molecule has 0 radical (unpaired) electrons. The van der Waals surface area contributed by atoms with Gasteiger partial charge in [0.1, 0.15) is 16.5 Å². The standard InChI is InChI=1S/C21H20N6S/c1-15-24-19(26-10-12-27(13-11-26)21-22-8-5-9-23-21)18-17(14-28-20(18)25-15)16-6-3-2-4-7-16/h2-9,14H,10-13H2,1H3. The lowest BCUT2D eigenvalue weighted by Crippen LogP contribution is -2.47. The minimum atomic E-state index is 0.798. The maximum absolute atomic E-state index is 4.85. The Morgan fingerprint density at radius 3 is 2.32 bits per heavy atom. The Kier molecular flexibility index (Phi) is 4.37. The van der Waals surface area contributed by atoms with Crippen LogP contribution in [0.15, 0.2) is 54.2 Å². The van der Waals surface area contributed by atoms with Crippen LogP contribution in [0.5, 0.6) is 0 Å². The summed E-state index contributed by atoms with van der Waals surface area (Å²) in [5, 5.41) is 3.36. The van der Waals surface area contributed by atoms with E-state index in [1.807, 2.05) is 19.1 Å². The van der Waals surface area contributed by atoms with Gasteiger partial charge >= 0.3 is 0 Å². The van der Waals surface area contributed by atoms with Crippen molar-refractivity contribution in [2.24, 2.45) is 0 Å². The van der Waals surface area contributed by atoms with Crippen molar-refractivity contribution < 1.29 is 0 Å². The molecule has 1 aliphatic heterocycles. The minimum Gasteiger partial charge on any atom is -0.352 e. The van der Waals surface area contributed by atoms with Gasteiger partial charge in [-0.2, -0.15) is 0 Å². The van der Waals surface area contributed by atoms with Crippen LogP contribution < -0.4 is 9.80 Å². The third-order valence-corrected chi connectivity index (χ3v) is 5.90. The number of nitrogens with zero attached hydrogens (tertiary/aromatic N) is 6. The predicted octanol–water partition coefficient (Wildman–Crippen LogP) is 3.78. The summed E-state index contributed by atoms with van der Waals surface area (Å²) < 4.78 is 0. The molecule has 1 fully saturated rings. The topological polar surface area (TPSA) is 58.0 Å². The normalized spacial score (nSPS) is 14.6. The molecule has 1 aliphatic rings. The number of hydrogen-bond acceptors (Lipinski definition) is 7. The second kappa shape index (κ2) is 7.16. The van der Waals surface area contributed by atoms with Gasteiger partial charge in [-0.15, -0.1) is 11.3 Å². The smallest absolute Gasteiger partial charge is 0.225 e. The molecule has 0 amide bonds. The molecule has 0 saturated carbocycles. The van der Waals surface area contributed by atoms with E-state index in [0.717, 1.165) is 54.0 Å². The molecule has 1 aromatic carbocycles. The molecule has 0 atom stereocenters. The van der Waals surface area contributed by atoms with E-state index >= 15 is 0 Å². The van der Waals surface area contributed by atoms with Crippen LogP contribution in [-0.4, -0.2) is 46.1 Å². The molecule has 4 heterocycles. The van der Waals surface area contributed by atoms with Gasteiger partial charge in [0.05, 0.1) is 5.39 Å². The van der Waals surface area contributed by atoms with Crippen molar-refractivity contribution in [1.29, 1.82) is 0 Å². The molecular weight excluding hydrogens is 368 g/mol. The number of hydrogen-bond donors (Lipinski definition) is 0. The van der Waals surface area contributed by atoms with E-state index in [1.54, 1.807) is 23.7 Å². The molecular formula is C21H20N6S. The first-order valence-electron chi connectivity index (χ1n) is 9.38. The lowest BCUT2D eigenvalue weighted by molar-refractivity contribution is 0.635. The van der Waals surface area contributed by atoms with E-state index in [-0.39, 0.29) is 0 Å². The summed E-state index contributed by atoms with van der Waals surface area (Å²) in [5.74, 6) is 2.65. The zero-order valence-corrected chi connectivity index (χ0v) is 16.4. The molecule has 0 aliphatic carbocycles. The number of aryl methyl sites for hydroxylation is 1. The number of anilines is 2. The summed E-state index contributed by atoms with van der Waals surface area (Å²) in [5.41, 5.74) is 2.42. The Bertz CT molecular complexity index is 1090. The Labute approximate surface area is 167 Å². The summed E-state index contributed by atoms with van der Waals surface area (Å²) in [6.07, 6.45) is 3.59. The molecule has 0 spiro atoms. The second-order valence-electron chi connectivity index (χ2n) is 6.81. The SMILES string of the molecule is Cc1nc(N2CCN(c3ncccn3)CC2)c2c(-c3ccccc3)csc2n1. The van der Waals surface area contributed by atoms with Crippen LogP contribution >= 0.6 is 11.3 Å². The lowest BCUT2D eigenvalue weighted by Gasteiger charge is -2.35. The Morgan fingerprint density at radius 1 is 0.857 bits per heavy atom. The van der Waals surface area contributed by atoms with E-state index in [1.165, 1.54) is 11.1 Å². The number of thiophene rings is 1. The van der Waals surface area contributed by atoms with Crippen molar-refractivity contribution in [2.75, 3.05) is 36.0 Å². The first-order chi connectivity index (χ1) is 13.8. The van der Waals surface area contributed by atoms with Gasteiger partial charge in [0, 0.05) is 49.5 Å². The Morgan fingerprint density at radius 2 is 1.57 bits per heavy atom. The minimum absolute atomic E-state index is 0.798. The van der Waals surface area contributed by atoms with Crippen LogP contribution in [0.2, 0.25) is 0 Å². The second-order valence-corrected chi connectivity index (χ2v) is 7.67. The molecule has 0 bridgehead atoms. The van der Waals surface area contributed by atoms with Gasteiger partial charge in [-0.25, -0.2) is 19.9 Å². The van der Waals surface area contributed by atoms with Crippen LogP contribution in [0, 0.1) is 6.92 Å². The number of piperazine rings is 1. The van der Waals surface area contributed by atoms with Gasteiger partial charge in [-0.3, -0.25) is 0 Å². The fraction of sp³-hybridized carbons (Fsp3) is 0.238. The van der Waals surface area contributed by atoms with Crippen LogP contribution in [-0.2, 0) is 0 Å². The first kappa shape index (κ1) is 17.1. The van der Waals surface area contributed by atoms with Crippen molar-refractivity contribution in [3.05, 3.63) is 60.0 Å². The van der Waals surface area contributed by atoms with Gasteiger partial charge in [0.15, 0.2) is 0 Å². The molecule has 0 unspecified atom stereocenters. The average molecular weight is 389 g/mol. The fourth-order valence-corrected chi connectivity index (χ4v) is 4.65. The van der Waals surface area contributed by atoms with E-state index in [4.69, 9.17) is 9.97 Å². The molecule has 140 valence electrons. The Hall–Kier alpha value is -3.06. The molecule has 4 aromatic rings. The van der Waals surface area contributed by atoms with Crippen molar-refractivity contribution in [3.63, 3.8) is 0 Å². The van der Waals surface area contributed by atoms with E-state index < -0.39 is 0 Å². The largest absolute Gasteiger partial charge is 0.352 e. The molecule has 6 nitrogen and oxygen atoms in total. The van der Waals surface area contributed by atoms with Crippen molar-refractivity contribution in [3.8, 4) is 11.1 Å². The van der Waals surface area contributed by atoms with Crippen molar-refractivity contribution in [1.82, 2.24) is 19.9 Å². The zero-order chi connectivity index (χ0) is 18.9. The highest BCUT2D eigenvalue weighted by molar-refractivity contribution is 7.17. The van der Waals surface area contributed by atoms with Crippen LogP contribution in [0.3, 0.4) is 0 Å². The number of aromatic nitrogens is 4. The quantitative estimate of drug-likeness (QED) is 0.532. The average Bonchev–Trinajstić information content (AvgIpc) is 3.18. The van der Waals surface area contributed by atoms with E-state index in [9.17, 15) is 0 Å². The van der Waals surface area contributed by atoms with Crippen LogP contribution in [0.4, 0.5) is 11.8 Å². The van der Waals surface area contributed by atoms with Crippen LogP contribution in [0.1, 0.15) is 5.82 Å². The van der Waals surface area contributed by atoms with Crippen LogP contribution in [0.25, 0.3) is 21.3 Å². The number of benzene rings is 1. The van der Waals surface area contributed by atoms with Crippen molar-refractivity contribution in [2.45, 2.75) is 6.92 Å². The summed E-state index contributed by atoms with van der Waals surface area (Å²) in [4.78, 5) is 24.0. The number of rotatable bonds is 3. The molecule has 5 rings (SSSR count). The summed E-state index contributed by atoms with van der Waals surface area (Å²) in [6, 6.07) is 12.3. The molecule has 0 N–H and O–H groups in total. The maximum atomic E-state index is 4.85. The lowest BCUT2D eigenvalue weighted by atomic mass is 10.1. The summed E-state index contributed by atoms with van der Waals surface area (Å²) in [6.45, 7) is 5.49. The third-order valence-electron chi connectivity index (χ3n) is 5.03. The van der Waals surface area contributed by atoms with Gasteiger partial charge in [0.2, 0.25) is 5.95 Å². The number of fused-ring (bicyclic) bond motifs is 1.